The van der Waals surface area contributed by atoms with Crippen LogP contribution in [0.4, 0.5) is 5.69 Å². The van der Waals surface area contributed by atoms with Crippen LogP contribution in [0.1, 0.15) is 12.0 Å². The largest absolute Gasteiger partial charge is 0.396 e. The molecule has 0 fully saturated rings. The van der Waals surface area contributed by atoms with Gasteiger partial charge in [-0.3, -0.25) is 0 Å². The zero-order chi connectivity index (χ0) is 10.7. The van der Waals surface area contributed by atoms with E-state index in [1.165, 1.54) is 5.56 Å². The Morgan fingerprint density at radius 1 is 1.47 bits per heavy atom. The van der Waals surface area contributed by atoms with Crippen molar-refractivity contribution in [3.63, 3.8) is 0 Å². The van der Waals surface area contributed by atoms with E-state index in [1.807, 2.05) is 18.2 Å². The van der Waals surface area contributed by atoms with Crippen molar-refractivity contribution in [3.05, 3.63) is 28.8 Å². The minimum atomic E-state index is 0.211. The summed E-state index contributed by atoms with van der Waals surface area (Å²) in [4.78, 5) is 0. The molecule has 0 bridgehead atoms. The molecule has 1 atom stereocenters. The molecule has 2 rings (SSSR count). The monoisotopic (exact) mass is 226 g/mol. The van der Waals surface area contributed by atoms with E-state index in [0.29, 0.717) is 0 Å². The summed E-state index contributed by atoms with van der Waals surface area (Å²) in [7, 11) is 0. The molecule has 3 nitrogen and oxygen atoms in total. The number of aliphatic hydroxyl groups is 1. The van der Waals surface area contributed by atoms with E-state index in [0.717, 1.165) is 30.2 Å². The first-order chi connectivity index (χ1) is 7.29. The van der Waals surface area contributed by atoms with Crippen molar-refractivity contribution in [2.45, 2.75) is 19.0 Å². The van der Waals surface area contributed by atoms with Crippen LogP contribution in [0, 0.1) is 0 Å². The summed E-state index contributed by atoms with van der Waals surface area (Å²) in [5.74, 6) is 0. The number of fused-ring (bicyclic) bond motifs is 1. The molecule has 82 valence electrons. The van der Waals surface area contributed by atoms with Crippen LogP contribution in [0.15, 0.2) is 18.2 Å². The minimum absolute atomic E-state index is 0.211. The van der Waals surface area contributed by atoms with Gasteiger partial charge >= 0.3 is 0 Å². The zero-order valence-corrected chi connectivity index (χ0v) is 9.22. The molecule has 3 N–H and O–H groups in total. The van der Waals surface area contributed by atoms with E-state index < -0.39 is 0 Å². The van der Waals surface area contributed by atoms with Crippen LogP contribution >= 0.6 is 11.6 Å². The summed E-state index contributed by atoms with van der Waals surface area (Å²) >= 11 is 5.93. The molecule has 15 heavy (non-hydrogen) atoms. The fraction of sp³-hybridized carbons (Fsp3) is 0.455. The molecule has 0 spiro atoms. The Labute approximate surface area is 94.4 Å². The first-order valence-electron chi connectivity index (χ1n) is 5.16. The Bertz CT molecular complexity index is 343. The molecule has 0 aliphatic carbocycles. The fourth-order valence-corrected chi connectivity index (χ4v) is 2.03. The number of rotatable bonds is 2. The molecule has 0 saturated heterocycles. The summed E-state index contributed by atoms with van der Waals surface area (Å²) in [5, 5.41) is 16.4. The lowest BCUT2D eigenvalue weighted by atomic mass is 10.1. The van der Waals surface area contributed by atoms with E-state index in [9.17, 15) is 0 Å². The average Bonchev–Trinajstić information content (AvgIpc) is 2.40. The van der Waals surface area contributed by atoms with Crippen LogP contribution < -0.4 is 10.6 Å². The number of anilines is 1. The summed E-state index contributed by atoms with van der Waals surface area (Å²) < 4.78 is 0. The smallest absolute Gasteiger partial charge is 0.0451 e. The predicted molar refractivity (Wildman–Crippen MR) is 62.3 cm³/mol. The van der Waals surface area contributed by atoms with Gasteiger partial charge in [0.1, 0.15) is 0 Å². The van der Waals surface area contributed by atoms with Crippen LogP contribution in [-0.2, 0) is 6.54 Å². The second-order valence-electron chi connectivity index (χ2n) is 3.79. The van der Waals surface area contributed by atoms with Gasteiger partial charge in [-0.1, -0.05) is 11.6 Å². The van der Waals surface area contributed by atoms with E-state index in [4.69, 9.17) is 16.7 Å². The van der Waals surface area contributed by atoms with Gasteiger partial charge in [0.2, 0.25) is 0 Å². The van der Waals surface area contributed by atoms with Gasteiger partial charge in [0.05, 0.1) is 0 Å². The second kappa shape index (κ2) is 4.84. The lowest BCUT2D eigenvalue weighted by Crippen LogP contribution is -2.30. The highest BCUT2D eigenvalue weighted by molar-refractivity contribution is 6.30. The average molecular weight is 227 g/mol. The highest BCUT2D eigenvalue weighted by Crippen LogP contribution is 2.23. The molecule has 1 aromatic carbocycles. The first-order valence-corrected chi connectivity index (χ1v) is 5.54. The van der Waals surface area contributed by atoms with Crippen molar-refractivity contribution in [1.29, 1.82) is 0 Å². The summed E-state index contributed by atoms with van der Waals surface area (Å²) in [5.41, 5.74) is 2.30. The zero-order valence-electron chi connectivity index (χ0n) is 8.46. The van der Waals surface area contributed by atoms with Gasteiger partial charge in [0, 0.05) is 36.4 Å². The number of nitrogens with one attached hydrogen (secondary N) is 2. The normalized spacial score (nSPS) is 20.3. The Balaban J connectivity index is 2.18. The van der Waals surface area contributed by atoms with Gasteiger partial charge in [-0.25, -0.2) is 0 Å². The maximum Gasteiger partial charge on any atom is 0.0451 e. The number of hydrogen-bond acceptors (Lipinski definition) is 3. The predicted octanol–water partition coefficient (Wildman–Crippen LogP) is 1.61. The molecular weight excluding hydrogens is 212 g/mol. The third-order valence-electron chi connectivity index (χ3n) is 2.61. The molecule has 0 amide bonds. The van der Waals surface area contributed by atoms with Crippen molar-refractivity contribution in [3.8, 4) is 0 Å². The number of halogens is 1. The van der Waals surface area contributed by atoms with Crippen molar-refractivity contribution >= 4 is 17.3 Å². The van der Waals surface area contributed by atoms with E-state index >= 15 is 0 Å². The number of benzene rings is 1. The van der Waals surface area contributed by atoms with Crippen molar-refractivity contribution in [1.82, 2.24) is 5.32 Å². The summed E-state index contributed by atoms with van der Waals surface area (Å²) in [6.07, 6.45) is 0.759. The topological polar surface area (TPSA) is 44.3 Å². The van der Waals surface area contributed by atoms with Gasteiger partial charge in [-0.15, -0.1) is 0 Å². The Morgan fingerprint density at radius 3 is 3.13 bits per heavy atom. The lowest BCUT2D eigenvalue weighted by molar-refractivity contribution is 0.278. The van der Waals surface area contributed by atoms with E-state index in [-0.39, 0.29) is 12.6 Å². The number of hydrogen-bond donors (Lipinski definition) is 3. The first kappa shape index (κ1) is 10.7. The quantitative estimate of drug-likeness (QED) is 0.718. The SMILES string of the molecule is OCCC1CNCc2cc(Cl)ccc2N1. The van der Waals surface area contributed by atoms with Gasteiger partial charge in [-0.05, 0) is 30.2 Å². The fourth-order valence-electron chi connectivity index (χ4n) is 1.83. The molecule has 1 aromatic rings. The standard InChI is InChI=1S/C11H15ClN2O/c12-9-1-2-11-8(5-9)6-13-7-10(14-11)3-4-15/h1-2,5,10,13-15H,3-4,6-7H2. The van der Waals surface area contributed by atoms with Crippen LogP contribution in [0.5, 0.6) is 0 Å². The maximum atomic E-state index is 8.91. The summed E-state index contributed by atoms with van der Waals surface area (Å²) in [6, 6.07) is 6.14. The molecular formula is C11H15ClN2O. The van der Waals surface area contributed by atoms with E-state index in [2.05, 4.69) is 10.6 Å². The van der Waals surface area contributed by atoms with Crippen LogP contribution in [0.2, 0.25) is 5.02 Å². The highest BCUT2D eigenvalue weighted by atomic mass is 35.5. The van der Waals surface area contributed by atoms with Gasteiger partial charge < -0.3 is 15.7 Å². The van der Waals surface area contributed by atoms with Gasteiger partial charge in [0.25, 0.3) is 0 Å². The van der Waals surface area contributed by atoms with E-state index in [1.54, 1.807) is 0 Å². The highest BCUT2D eigenvalue weighted by Gasteiger charge is 2.14. The summed E-state index contributed by atoms with van der Waals surface area (Å²) in [6.45, 7) is 1.90. The molecule has 1 aliphatic heterocycles. The Kier molecular flexibility index (Phi) is 3.46. The van der Waals surface area contributed by atoms with Crippen LogP contribution in [0.3, 0.4) is 0 Å². The number of aliphatic hydroxyl groups excluding tert-OH is 1. The van der Waals surface area contributed by atoms with Crippen LogP contribution in [0.25, 0.3) is 0 Å². The van der Waals surface area contributed by atoms with Crippen molar-refractivity contribution in [2.24, 2.45) is 0 Å². The molecule has 1 unspecified atom stereocenters. The molecule has 1 heterocycles. The Morgan fingerprint density at radius 2 is 2.33 bits per heavy atom. The third kappa shape index (κ3) is 2.62. The molecule has 4 heteroatoms. The van der Waals surface area contributed by atoms with Gasteiger partial charge in [0.15, 0.2) is 0 Å². The van der Waals surface area contributed by atoms with Gasteiger partial charge in [-0.2, -0.15) is 0 Å². The third-order valence-corrected chi connectivity index (χ3v) is 2.85. The second-order valence-corrected chi connectivity index (χ2v) is 4.22. The Hall–Kier alpha value is -0.770. The van der Waals surface area contributed by atoms with Crippen LogP contribution in [-0.4, -0.2) is 24.3 Å². The van der Waals surface area contributed by atoms with Crippen molar-refractivity contribution < 1.29 is 5.11 Å². The molecule has 0 radical (unpaired) electrons. The minimum Gasteiger partial charge on any atom is -0.396 e. The van der Waals surface area contributed by atoms with Crippen molar-refractivity contribution in [2.75, 3.05) is 18.5 Å². The molecule has 0 aromatic heterocycles. The molecule has 0 saturated carbocycles. The lowest BCUT2D eigenvalue weighted by Gasteiger charge is -2.16. The maximum absolute atomic E-state index is 8.91. The molecule has 1 aliphatic rings.